The third-order valence-electron chi connectivity index (χ3n) is 4.93. The Morgan fingerprint density at radius 1 is 0.571 bits per heavy atom. The van der Waals surface area contributed by atoms with E-state index in [4.69, 9.17) is 9.47 Å². The second kappa shape index (κ2) is 20.6. The quantitative estimate of drug-likeness (QED) is 0.161. The molecule has 0 fully saturated rings. The molecule has 0 aliphatic rings. The van der Waals surface area contributed by atoms with Crippen LogP contribution >= 0.6 is 0 Å². The topological polar surface area (TPSA) is 72.8 Å². The molecule has 0 aromatic rings. The summed E-state index contributed by atoms with van der Waals surface area (Å²) < 4.78 is 9.94. The summed E-state index contributed by atoms with van der Waals surface area (Å²) in [4.78, 5) is 23.4. The predicted octanol–water partition coefficient (Wildman–Crippen LogP) is 5.72. The van der Waals surface area contributed by atoms with E-state index >= 15 is 0 Å². The van der Waals surface area contributed by atoms with Gasteiger partial charge in [0.25, 0.3) is 0 Å². The second-order valence-electron chi connectivity index (χ2n) is 7.69. The van der Waals surface area contributed by atoms with Gasteiger partial charge in [0.05, 0.1) is 13.2 Å². The van der Waals surface area contributed by atoms with Gasteiger partial charge in [0, 0.05) is 0 Å². The van der Waals surface area contributed by atoms with E-state index in [2.05, 4.69) is 13.8 Å². The van der Waals surface area contributed by atoms with E-state index in [0.717, 1.165) is 38.5 Å². The molecule has 1 N–H and O–H groups in total. The maximum Gasteiger partial charge on any atom is 0.346 e. The number of unbranched alkanes of at least 4 members (excludes halogenated alkanes) is 14. The van der Waals surface area contributed by atoms with Crippen molar-refractivity contribution < 1.29 is 24.2 Å². The first kappa shape index (κ1) is 26.9. The summed E-state index contributed by atoms with van der Waals surface area (Å²) in [6.07, 6.45) is 16.6. The molecule has 0 aliphatic carbocycles. The van der Waals surface area contributed by atoms with Crippen LogP contribution in [-0.2, 0) is 19.1 Å². The third kappa shape index (κ3) is 17.0. The van der Waals surface area contributed by atoms with Crippen molar-refractivity contribution in [1.82, 2.24) is 0 Å². The summed E-state index contributed by atoms with van der Waals surface area (Å²) in [5, 5.41) is 9.68. The SMILES string of the molecule is CCCCCCCCCCOC(=O)C(O)C(=O)OCCCCCCCCCC. The molecule has 0 unspecified atom stereocenters. The number of carbonyl (C=O) groups excluding carboxylic acids is 2. The molecule has 0 aromatic heterocycles. The standard InChI is InChI=1S/C23H44O5/c1-3-5-7-9-11-13-15-17-19-27-22(25)21(24)23(26)28-20-18-16-14-12-10-8-6-4-2/h21,24H,3-20H2,1-2H3. The Bertz CT molecular complexity index is 336. The molecule has 0 saturated heterocycles. The van der Waals surface area contributed by atoms with Gasteiger partial charge in [0.15, 0.2) is 0 Å². The first-order valence-electron chi connectivity index (χ1n) is 11.6. The van der Waals surface area contributed by atoms with Crippen molar-refractivity contribution in [3.63, 3.8) is 0 Å². The van der Waals surface area contributed by atoms with Crippen molar-refractivity contribution in [3.05, 3.63) is 0 Å². The lowest BCUT2D eigenvalue weighted by molar-refractivity contribution is -0.169. The van der Waals surface area contributed by atoms with E-state index < -0.39 is 18.0 Å². The highest BCUT2D eigenvalue weighted by Crippen LogP contribution is 2.10. The minimum atomic E-state index is -1.82. The van der Waals surface area contributed by atoms with Gasteiger partial charge in [-0.3, -0.25) is 0 Å². The summed E-state index contributed by atoms with van der Waals surface area (Å²) in [5.41, 5.74) is 0. The van der Waals surface area contributed by atoms with Crippen molar-refractivity contribution in [1.29, 1.82) is 0 Å². The minimum absolute atomic E-state index is 0.246. The monoisotopic (exact) mass is 400 g/mol. The fourth-order valence-corrected chi connectivity index (χ4v) is 3.07. The highest BCUT2D eigenvalue weighted by molar-refractivity contribution is 5.97. The smallest absolute Gasteiger partial charge is 0.346 e. The van der Waals surface area contributed by atoms with Crippen LogP contribution in [-0.4, -0.2) is 36.4 Å². The van der Waals surface area contributed by atoms with Crippen LogP contribution in [0.2, 0.25) is 0 Å². The second-order valence-corrected chi connectivity index (χ2v) is 7.69. The summed E-state index contributed by atoms with van der Waals surface area (Å²) in [7, 11) is 0. The van der Waals surface area contributed by atoms with Crippen molar-refractivity contribution in [3.8, 4) is 0 Å². The average molecular weight is 401 g/mol. The number of hydrogen-bond donors (Lipinski definition) is 1. The van der Waals surface area contributed by atoms with Crippen molar-refractivity contribution >= 4 is 11.9 Å². The number of ether oxygens (including phenoxy) is 2. The molecule has 28 heavy (non-hydrogen) atoms. The molecule has 0 radical (unpaired) electrons. The number of aliphatic hydroxyl groups excluding tert-OH is 1. The fourth-order valence-electron chi connectivity index (χ4n) is 3.07. The van der Waals surface area contributed by atoms with Gasteiger partial charge in [-0.25, -0.2) is 9.59 Å². The number of rotatable bonds is 20. The highest BCUT2D eigenvalue weighted by atomic mass is 16.6. The summed E-state index contributed by atoms with van der Waals surface area (Å²) in [6, 6.07) is 0. The molecular weight excluding hydrogens is 356 g/mol. The zero-order chi connectivity index (χ0) is 20.9. The lowest BCUT2D eigenvalue weighted by Crippen LogP contribution is -2.33. The van der Waals surface area contributed by atoms with Crippen LogP contribution in [0.3, 0.4) is 0 Å². The minimum Gasteiger partial charge on any atom is -0.463 e. The van der Waals surface area contributed by atoms with Gasteiger partial charge in [-0.15, -0.1) is 0 Å². The largest absolute Gasteiger partial charge is 0.463 e. The Morgan fingerprint density at radius 3 is 1.18 bits per heavy atom. The van der Waals surface area contributed by atoms with Gasteiger partial charge in [-0.2, -0.15) is 0 Å². The molecule has 0 aromatic carbocycles. The molecule has 0 saturated carbocycles. The normalized spacial score (nSPS) is 11.0. The third-order valence-corrected chi connectivity index (χ3v) is 4.93. The van der Waals surface area contributed by atoms with Gasteiger partial charge in [-0.05, 0) is 12.8 Å². The maximum absolute atomic E-state index is 11.7. The molecule has 0 aliphatic heterocycles. The Labute approximate surface area is 172 Å². The molecule has 0 atom stereocenters. The summed E-state index contributed by atoms with van der Waals surface area (Å²) >= 11 is 0. The van der Waals surface area contributed by atoms with Crippen molar-refractivity contribution in [2.75, 3.05) is 13.2 Å². The van der Waals surface area contributed by atoms with Crippen molar-refractivity contribution in [2.45, 2.75) is 123 Å². The fraction of sp³-hybridized carbons (Fsp3) is 0.913. The molecule has 0 bridgehead atoms. The Hall–Kier alpha value is -1.10. The average Bonchev–Trinajstić information content (AvgIpc) is 2.70. The van der Waals surface area contributed by atoms with Gasteiger partial charge in [0.2, 0.25) is 6.10 Å². The lowest BCUT2D eigenvalue weighted by atomic mass is 10.1. The molecule has 0 rings (SSSR count). The Morgan fingerprint density at radius 2 is 0.857 bits per heavy atom. The van der Waals surface area contributed by atoms with Gasteiger partial charge >= 0.3 is 11.9 Å². The van der Waals surface area contributed by atoms with Gasteiger partial charge in [-0.1, -0.05) is 104 Å². The summed E-state index contributed by atoms with van der Waals surface area (Å²) in [5.74, 6) is -1.80. The number of esters is 2. The van der Waals surface area contributed by atoms with Crippen LogP contribution < -0.4 is 0 Å². The van der Waals surface area contributed by atoms with E-state index in [0.29, 0.717) is 0 Å². The molecule has 5 nitrogen and oxygen atoms in total. The number of aliphatic hydroxyl groups is 1. The van der Waals surface area contributed by atoms with Crippen LogP contribution in [0.5, 0.6) is 0 Å². The van der Waals surface area contributed by atoms with Gasteiger partial charge in [0.1, 0.15) is 0 Å². The molecular formula is C23H44O5. The maximum atomic E-state index is 11.7. The zero-order valence-corrected chi connectivity index (χ0v) is 18.4. The van der Waals surface area contributed by atoms with Crippen LogP contribution in [0.4, 0.5) is 0 Å². The highest BCUT2D eigenvalue weighted by Gasteiger charge is 2.26. The van der Waals surface area contributed by atoms with E-state index in [1.54, 1.807) is 0 Å². The first-order valence-corrected chi connectivity index (χ1v) is 11.6. The first-order chi connectivity index (χ1) is 13.6. The number of carbonyl (C=O) groups is 2. The van der Waals surface area contributed by atoms with Crippen LogP contribution in [0, 0.1) is 0 Å². The molecule has 0 heterocycles. The van der Waals surface area contributed by atoms with E-state index in [9.17, 15) is 14.7 Å². The van der Waals surface area contributed by atoms with Gasteiger partial charge < -0.3 is 14.6 Å². The van der Waals surface area contributed by atoms with E-state index in [-0.39, 0.29) is 13.2 Å². The Balaban J connectivity index is 3.52. The van der Waals surface area contributed by atoms with Crippen molar-refractivity contribution in [2.24, 2.45) is 0 Å². The van der Waals surface area contributed by atoms with Crippen LogP contribution in [0.15, 0.2) is 0 Å². The van der Waals surface area contributed by atoms with E-state index in [1.165, 1.54) is 64.2 Å². The lowest BCUT2D eigenvalue weighted by Gasteiger charge is -2.11. The molecule has 5 heteroatoms. The molecule has 0 spiro atoms. The van der Waals surface area contributed by atoms with Crippen LogP contribution in [0.1, 0.15) is 117 Å². The molecule has 166 valence electrons. The molecule has 0 amide bonds. The van der Waals surface area contributed by atoms with E-state index in [1.807, 2.05) is 0 Å². The summed E-state index contributed by atoms with van der Waals surface area (Å²) in [6.45, 7) is 4.90. The predicted molar refractivity (Wildman–Crippen MR) is 113 cm³/mol. The zero-order valence-electron chi connectivity index (χ0n) is 18.4. The number of hydrogen-bond acceptors (Lipinski definition) is 5. The van der Waals surface area contributed by atoms with Crippen LogP contribution in [0.25, 0.3) is 0 Å². The Kier molecular flexibility index (Phi) is 19.8.